The van der Waals surface area contributed by atoms with Crippen LogP contribution in [-0.4, -0.2) is 14.7 Å². The standard InChI is InChI=1S/C22H22FN5O2S/c1-28-13-20-17(8-10-19(27-31(20,25)30)14-5-3-2-4-6-14)21(28)22(29)26-16-7-9-18(23)15(11-16)12-24/h7-11,13H,2-6H2,1H3,(H,26,29)(H2,25,27,30). The third-order valence-corrected chi connectivity index (χ3v) is 7.01. The molecule has 0 saturated heterocycles. The lowest BCUT2D eigenvalue weighted by Gasteiger charge is -2.18. The number of rotatable bonds is 2. The Morgan fingerprint density at radius 1 is 1.29 bits per heavy atom. The van der Waals surface area contributed by atoms with Gasteiger partial charge in [0.15, 0.2) is 9.92 Å². The number of fused-ring (bicyclic) bond motifs is 1. The van der Waals surface area contributed by atoms with E-state index in [-0.39, 0.29) is 21.8 Å². The number of anilines is 1. The Morgan fingerprint density at radius 3 is 2.74 bits per heavy atom. The number of nitrogens with one attached hydrogen (secondary N) is 3. The van der Waals surface area contributed by atoms with Crippen LogP contribution in [0.1, 0.15) is 53.7 Å². The molecule has 1 aromatic heterocycles. The summed E-state index contributed by atoms with van der Waals surface area (Å²) in [5.41, 5.74) is 2.57. The van der Waals surface area contributed by atoms with Crippen molar-refractivity contribution in [3.63, 3.8) is 0 Å². The van der Waals surface area contributed by atoms with Gasteiger partial charge in [0.05, 0.1) is 10.5 Å². The van der Waals surface area contributed by atoms with Gasteiger partial charge in [-0.15, -0.1) is 0 Å². The fraction of sp³-hybridized carbons (Fsp3) is 0.273. The van der Waals surface area contributed by atoms with Crippen molar-refractivity contribution >= 4 is 27.6 Å². The second kappa shape index (κ2) is 8.04. The minimum absolute atomic E-state index is 0.175. The number of allylic oxidation sites excluding steroid dienone is 2. The quantitative estimate of drug-likeness (QED) is 0.643. The Hall–Kier alpha value is -3.38. The number of aryl methyl sites for hydroxylation is 1. The van der Waals surface area contributed by atoms with E-state index in [0.29, 0.717) is 11.3 Å². The maximum Gasteiger partial charge on any atom is 0.272 e. The first-order valence-electron chi connectivity index (χ1n) is 9.97. The van der Waals surface area contributed by atoms with Crippen molar-refractivity contribution in [2.24, 2.45) is 7.05 Å². The van der Waals surface area contributed by atoms with Crippen LogP contribution in [0.5, 0.6) is 0 Å². The normalized spacial score (nSPS) is 20.4. The molecule has 2 heterocycles. The lowest BCUT2D eigenvalue weighted by Crippen LogP contribution is -2.22. The van der Waals surface area contributed by atoms with Gasteiger partial charge < -0.3 is 9.88 Å². The monoisotopic (exact) mass is 439 g/mol. The fourth-order valence-corrected chi connectivity index (χ4v) is 5.43. The number of amides is 1. The molecule has 1 saturated carbocycles. The van der Waals surface area contributed by atoms with Gasteiger partial charge in [-0.25, -0.2) is 13.4 Å². The molecule has 2 aromatic rings. The Balaban J connectivity index is 1.73. The highest BCUT2D eigenvalue weighted by Gasteiger charge is 2.28. The van der Waals surface area contributed by atoms with E-state index in [4.69, 9.17) is 10.0 Å². The summed E-state index contributed by atoms with van der Waals surface area (Å²) >= 11 is 0. The zero-order valence-electron chi connectivity index (χ0n) is 17.0. The van der Waals surface area contributed by atoms with Gasteiger partial charge in [0, 0.05) is 30.2 Å². The van der Waals surface area contributed by atoms with Crippen LogP contribution in [0.15, 0.2) is 46.6 Å². The molecule has 160 valence electrons. The minimum atomic E-state index is -3.37. The number of hydrogen-bond acceptors (Lipinski definition) is 4. The van der Waals surface area contributed by atoms with Gasteiger partial charge >= 0.3 is 0 Å². The van der Waals surface area contributed by atoms with Gasteiger partial charge in [-0.05, 0) is 61.6 Å². The summed E-state index contributed by atoms with van der Waals surface area (Å²) in [6, 6.07) is 5.48. The molecule has 1 atom stereocenters. The summed E-state index contributed by atoms with van der Waals surface area (Å²) in [6.45, 7) is 0. The molecule has 1 aliphatic heterocycles. The van der Waals surface area contributed by atoms with Gasteiger partial charge in [0.25, 0.3) is 5.91 Å². The Labute approximate surface area is 180 Å². The Kier molecular flexibility index (Phi) is 5.41. The van der Waals surface area contributed by atoms with Crippen LogP contribution in [0.2, 0.25) is 0 Å². The lowest BCUT2D eigenvalue weighted by atomic mass is 9.93. The number of carbonyl (C=O) groups excluding carboxylic acids is 1. The van der Waals surface area contributed by atoms with E-state index in [1.165, 1.54) is 29.3 Å². The second-order valence-corrected chi connectivity index (χ2v) is 9.45. The summed E-state index contributed by atoms with van der Waals surface area (Å²) in [4.78, 5) is 13.3. The lowest BCUT2D eigenvalue weighted by molar-refractivity contribution is 0.101. The third kappa shape index (κ3) is 3.99. The van der Waals surface area contributed by atoms with E-state index >= 15 is 0 Å². The van der Waals surface area contributed by atoms with Crippen LogP contribution >= 0.6 is 0 Å². The number of nitrogens with zero attached hydrogens (tertiary/aromatic N) is 2. The number of benzene rings is 1. The molecule has 0 bridgehead atoms. The van der Waals surface area contributed by atoms with Gasteiger partial charge in [-0.3, -0.25) is 9.52 Å². The van der Waals surface area contributed by atoms with Crippen LogP contribution in [0.25, 0.3) is 6.08 Å². The minimum Gasteiger partial charge on any atom is -0.345 e. The van der Waals surface area contributed by atoms with Crippen molar-refractivity contribution in [3.05, 3.63) is 64.4 Å². The van der Waals surface area contributed by atoms with E-state index in [9.17, 15) is 13.4 Å². The molecule has 2 aliphatic rings. The molecule has 7 nitrogen and oxygen atoms in total. The fourth-order valence-electron chi connectivity index (χ4n) is 4.02. The topological polar surface area (TPSA) is 111 Å². The molecule has 0 radical (unpaired) electrons. The van der Waals surface area contributed by atoms with Gasteiger partial charge in [0.1, 0.15) is 17.6 Å². The Morgan fingerprint density at radius 2 is 2.03 bits per heavy atom. The highest BCUT2D eigenvalue weighted by molar-refractivity contribution is 7.90. The summed E-state index contributed by atoms with van der Waals surface area (Å²) in [5.74, 6) is -1.17. The maximum atomic E-state index is 13.6. The smallest absolute Gasteiger partial charge is 0.272 e. The van der Waals surface area contributed by atoms with Crippen LogP contribution in [0.4, 0.5) is 10.1 Å². The van der Waals surface area contributed by atoms with Crippen molar-refractivity contribution in [2.45, 2.75) is 37.0 Å². The zero-order valence-corrected chi connectivity index (χ0v) is 17.8. The van der Waals surface area contributed by atoms with Gasteiger partial charge in [-0.1, -0.05) is 6.42 Å². The molecule has 1 amide bonds. The first-order valence-corrected chi connectivity index (χ1v) is 11.5. The average molecular weight is 440 g/mol. The number of aromatic nitrogens is 1. The highest BCUT2D eigenvalue weighted by Crippen LogP contribution is 2.32. The maximum absolute atomic E-state index is 13.6. The highest BCUT2D eigenvalue weighted by atomic mass is 32.2. The van der Waals surface area contributed by atoms with Crippen LogP contribution in [0.3, 0.4) is 0 Å². The molecular weight excluding hydrogens is 417 g/mol. The average Bonchev–Trinajstić information content (AvgIpc) is 3.04. The van der Waals surface area contributed by atoms with Gasteiger partial charge in [-0.2, -0.15) is 5.26 Å². The van der Waals surface area contributed by atoms with Crippen molar-refractivity contribution in [1.29, 1.82) is 10.0 Å². The molecule has 4 rings (SSSR count). The number of hydrogen-bond donors (Lipinski definition) is 3. The molecule has 9 heteroatoms. The SMILES string of the molecule is Cn1cc2c(c1C(=O)Nc1ccc(F)c(C#N)c1)C=CC(=C1CCCCC1)NS2(=N)=O. The van der Waals surface area contributed by atoms with Crippen molar-refractivity contribution in [3.8, 4) is 6.07 Å². The Bertz CT molecular complexity index is 1270. The molecule has 31 heavy (non-hydrogen) atoms. The molecule has 1 fully saturated rings. The molecular formula is C22H22FN5O2S. The first kappa shape index (κ1) is 20.9. The largest absolute Gasteiger partial charge is 0.345 e. The molecule has 3 N–H and O–H groups in total. The molecule has 0 spiro atoms. The van der Waals surface area contributed by atoms with Gasteiger partial charge in [0.2, 0.25) is 0 Å². The first-order chi connectivity index (χ1) is 14.8. The summed E-state index contributed by atoms with van der Waals surface area (Å²) in [7, 11) is -1.73. The second-order valence-electron chi connectivity index (χ2n) is 7.70. The van der Waals surface area contributed by atoms with E-state index in [0.717, 1.165) is 37.3 Å². The van der Waals surface area contributed by atoms with Crippen molar-refractivity contribution in [2.75, 3.05) is 5.32 Å². The number of nitriles is 1. The zero-order chi connectivity index (χ0) is 22.2. The van der Waals surface area contributed by atoms with Crippen LogP contribution in [-0.2, 0) is 17.0 Å². The number of halogens is 1. The van der Waals surface area contributed by atoms with Crippen molar-refractivity contribution < 1.29 is 13.4 Å². The third-order valence-electron chi connectivity index (χ3n) is 5.56. The van der Waals surface area contributed by atoms with E-state index in [1.807, 2.05) is 0 Å². The predicted molar refractivity (Wildman–Crippen MR) is 116 cm³/mol. The summed E-state index contributed by atoms with van der Waals surface area (Å²) in [5, 5.41) is 11.7. The predicted octanol–water partition coefficient (Wildman–Crippen LogP) is 4.44. The van der Waals surface area contributed by atoms with E-state index < -0.39 is 21.6 Å². The van der Waals surface area contributed by atoms with Crippen LogP contribution in [0, 0.1) is 21.9 Å². The van der Waals surface area contributed by atoms with Crippen LogP contribution < -0.4 is 10.0 Å². The molecule has 1 unspecified atom stereocenters. The molecule has 1 aliphatic carbocycles. The summed E-state index contributed by atoms with van der Waals surface area (Å²) in [6.07, 6.45) is 10.1. The van der Waals surface area contributed by atoms with E-state index in [2.05, 4.69) is 10.0 Å². The molecule has 1 aromatic carbocycles. The summed E-state index contributed by atoms with van der Waals surface area (Å²) < 4.78 is 39.7. The number of carbonyl (C=O) groups is 1. The van der Waals surface area contributed by atoms with Crippen molar-refractivity contribution in [1.82, 2.24) is 9.29 Å². The van der Waals surface area contributed by atoms with E-state index in [1.54, 1.807) is 25.3 Å².